The molecule has 8 heteroatoms. The van der Waals surface area contributed by atoms with Crippen LogP contribution in [0.4, 0.5) is 11.4 Å². The molecule has 1 amide bonds. The average molecular weight is 504 g/mol. The van der Waals surface area contributed by atoms with Gasteiger partial charge in [0, 0.05) is 42.8 Å². The summed E-state index contributed by atoms with van der Waals surface area (Å²) in [5.74, 6) is 0.536. The van der Waals surface area contributed by atoms with Crippen molar-refractivity contribution in [3.63, 3.8) is 0 Å². The van der Waals surface area contributed by atoms with Crippen LogP contribution < -0.4 is 20.3 Å². The lowest BCUT2D eigenvalue weighted by atomic mass is 9.95. The van der Waals surface area contributed by atoms with Crippen molar-refractivity contribution in [2.45, 2.75) is 63.6 Å². The molecule has 2 fully saturated rings. The molecular weight excluding hydrogens is 470 g/mol. The third-order valence-corrected chi connectivity index (χ3v) is 7.55. The minimum absolute atomic E-state index is 0.0587. The zero-order valence-electron chi connectivity index (χ0n) is 20.8. The van der Waals surface area contributed by atoms with Crippen molar-refractivity contribution in [1.29, 1.82) is 0 Å². The molecule has 7 nitrogen and oxygen atoms in total. The zero-order valence-corrected chi connectivity index (χ0v) is 21.6. The Morgan fingerprint density at radius 2 is 2.03 bits per heavy atom. The topological polar surface area (TPSA) is 71.4 Å². The monoisotopic (exact) mass is 503 g/mol. The Morgan fingerprint density at radius 3 is 2.75 bits per heavy atom. The van der Waals surface area contributed by atoms with Gasteiger partial charge in [0.25, 0.3) is 0 Å². The Kier molecular flexibility index (Phi) is 7.23. The molecular formula is C28H33N5O2S. The molecule has 3 aromatic rings. The van der Waals surface area contributed by atoms with E-state index in [2.05, 4.69) is 43.5 Å². The van der Waals surface area contributed by atoms with Crippen LogP contribution in [-0.4, -0.2) is 27.7 Å². The van der Waals surface area contributed by atoms with E-state index in [1.807, 2.05) is 49.5 Å². The molecule has 1 saturated heterocycles. The van der Waals surface area contributed by atoms with Crippen LogP contribution >= 0.6 is 12.2 Å². The molecule has 5 rings (SSSR count). The second-order valence-corrected chi connectivity index (χ2v) is 9.85. The summed E-state index contributed by atoms with van der Waals surface area (Å²) in [6.45, 7) is 1.83. The predicted molar refractivity (Wildman–Crippen MR) is 146 cm³/mol. The van der Waals surface area contributed by atoms with Crippen LogP contribution in [0.5, 0.6) is 5.75 Å². The molecule has 3 heterocycles. The smallest absolute Gasteiger partial charge is 0.224 e. The quantitative estimate of drug-likeness (QED) is 0.390. The highest BCUT2D eigenvalue weighted by Gasteiger charge is 2.41. The van der Waals surface area contributed by atoms with Crippen molar-refractivity contribution >= 4 is 34.6 Å². The van der Waals surface area contributed by atoms with Gasteiger partial charge in [0.05, 0.1) is 30.6 Å². The number of carbonyl (C=O) groups is 1. The standard InChI is InChI=1S/C28H33N5O2S/c1-3-25(34)30-22-13-12-21(17-24(22)35-2)33-27(26(31-28(33)36)23-11-7-8-15-29-23)19-14-16-32(18-19)20-9-5-4-6-10-20/h7-8,11-18,20,26-27H,3-6,9-10H2,1-2H3,(H,30,34)(H,31,36)/t26-,27+/m0/s1. The van der Waals surface area contributed by atoms with Crippen molar-refractivity contribution in [2.24, 2.45) is 0 Å². The molecule has 36 heavy (non-hydrogen) atoms. The van der Waals surface area contributed by atoms with Crippen molar-refractivity contribution in [2.75, 3.05) is 17.3 Å². The minimum atomic E-state index is -0.105. The number of ether oxygens (including phenoxy) is 1. The molecule has 1 aliphatic carbocycles. The minimum Gasteiger partial charge on any atom is -0.494 e. The van der Waals surface area contributed by atoms with Crippen LogP contribution in [0.1, 0.15) is 74.8 Å². The van der Waals surface area contributed by atoms with Gasteiger partial charge in [-0.3, -0.25) is 9.78 Å². The predicted octanol–water partition coefficient (Wildman–Crippen LogP) is 5.92. The number of hydrogen-bond acceptors (Lipinski definition) is 4. The van der Waals surface area contributed by atoms with E-state index in [1.54, 1.807) is 7.11 Å². The van der Waals surface area contributed by atoms with Gasteiger partial charge in [-0.1, -0.05) is 32.3 Å². The Balaban J connectivity index is 1.53. The normalized spacial score (nSPS) is 20.3. The highest BCUT2D eigenvalue weighted by molar-refractivity contribution is 7.80. The van der Waals surface area contributed by atoms with Crippen LogP contribution in [0.2, 0.25) is 0 Å². The van der Waals surface area contributed by atoms with Crippen LogP contribution in [0.25, 0.3) is 0 Å². The van der Waals surface area contributed by atoms with Crippen molar-refractivity contribution in [3.8, 4) is 5.75 Å². The van der Waals surface area contributed by atoms with E-state index in [0.717, 1.165) is 11.4 Å². The highest BCUT2D eigenvalue weighted by atomic mass is 32.1. The maximum atomic E-state index is 12.0. The first-order valence-electron chi connectivity index (χ1n) is 12.7. The summed E-state index contributed by atoms with van der Waals surface area (Å²) in [5, 5.41) is 7.07. The summed E-state index contributed by atoms with van der Waals surface area (Å²) in [7, 11) is 1.61. The molecule has 188 valence electrons. The van der Waals surface area contributed by atoms with Crippen molar-refractivity contribution in [3.05, 3.63) is 72.3 Å². The van der Waals surface area contributed by atoms with Crippen molar-refractivity contribution < 1.29 is 9.53 Å². The number of methoxy groups -OCH3 is 1. The second-order valence-electron chi connectivity index (χ2n) is 9.47. The molecule has 2 atom stereocenters. The van der Waals surface area contributed by atoms with Gasteiger partial charge in [-0.25, -0.2) is 0 Å². The molecule has 0 radical (unpaired) electrons. The van der Waals surface area contributed by atoms with E-state index in [1.165, 1.54) is 37.7 Å². The number of amides is 1. The van der Waals surface area contributed by atoms with E-state index in [0.29, 0.717) is 29.0 Å². The lowest BCUT2D eigenvalue weighted by molar-refractivity contribution is -0.115. The lowest BCUT2D eigenvalue weighted by Gasteiger charge is -2.28. The Morgan fingerprint density at radius 1 is 1.19 bits per heavy atom. The van der Waals surface area contributed by atoms with Crippen molar-refractivity contribution in [1.82, 2.24) is 14.9 Å². The van der Waals surface area contributed by atoms with Crippen LogP contribution in [-0.2, 0) is 4.79 Å². The van der Waals surface area contributed by atoms with E-state index < -0.39 is 0 Å². The lowest BCUT2D eigenvalue weighted by Crippen LogP contribution is -2.29. The van der Waals surface area contributed by atoms with E-state index in [4.69, 9.17) is 17.0 Å². The van der Waals surface area contributed by atoms with Gasteiger partial charge in [0.1, 0.15) is 5.75 Å². The summed E-state index contributed by atoms with van der Waals surface area (Å²) in [4.78, 5) is 18.8. The summed E-state index contributed by atoms with van der Waals surface area (Å²) >= 11 is 5.88. The number of hydrogen-bond donors (Lipinski definition) is 2. The summed E-state index contributed by atoms with van der Waals surface area (Å²) < 4.78 is 8.02. The maximum absolute atomic E-state index is 12.0. The maximum Gasteiger partial charge on any atom is 0.224 e. The summed E-state index contributed by atoms with van der Waals surface area (Å²) in [6, 6.07) is 14.3. The molecule has 0 bridgehead atoms. The average Bonchev–Trinajstić information content (AvgIpc) is 3.54. The first-order valence-corrected chi connectivity index (χ1v) is 13.2. The second kappa shape index (κ2) is 10.7. The number of carbonyl (C=O) groups excluding carboxylic acids is 1. The number of aromatic nitrogens is 2. The van der Waals surface area contributed by atoms with E-state index in [-0.39, 0.29) is 18.0 Å². The number of rotatable bonds is 7. The molecule has 1 aromatic carbocycles. The molecule has 1 aliphatic heterocycles. The molecule has 2 aromatic heterocycles. The van der Waals surface area contributed by atoms with Crippen LogP contribution in [0.3, 0.4) is 0 Å². The number of thiocarbonyl (C=S) groups is 1. The van der Waals surface area contributed by atoms with Gasteiger partial charge in [-0.05, 0) is 61.0 Å². The third kappa shape index (κ3) is 4.82. The van der Waals surface area contributed by atoms with Crippen LogP contribution in [0.15, 0.2) is 61.1 Å². The Labute approximate surface area is 217 Å². The number of nitrogens with zero attached hydrogens (tertiary/aromatic N) is 3. The molecule has 1 saturated carbocycles. The fourth-order valence-corrected chi connectivity index (χ4v) is 5.70. The van der Waals surface area contributed by atoms with Gasteiger partial charge < -0.3 is 24.8 Å². The number of anilines is 2. The highest BCUT2D eigenvalue weighted by Crippen LogP contribution is 2.44. The van der Waals surface area contributed by atoms with E-state index in [9.17, 15) is 4.79 Å². The third-order valence-electron chi connectivity index (χ3n) is 7.23. The fourth-order valence-electron chi connectivity index (χ4n) is 5.36. The fraction of sp³-hybridized carbons (Fsp3) is 0.393. The molecule has 2 N–H and O–H groups in total. The first kappa shape index (κ1) is 24.3. The largest absolute Gasteiger partial charge is 0.494 e. The first-order chi connectivity index (χ1) is 17.6. The summed E-state index contributed by atoms with van der Waals surface area (Å²) in [6.07, 6.45) is 13.1. The van der Waals surface area contributed by atoms with Gasteiger partial charge in [-0.15, -0.1) is 0 Å². The Bertz CT molecular complexity index is 1220. The molecule has 0 spiro atoms. The molecule has 2 aliphatic rings. The van der Waals surface area contributed by atoms with Gasteiger partial charge in [0.15, 0.2) is 5.11 Å². The summed E-state index contributed by atoms with van der Waals surface area (Å²) in [5.41, 5.74) is 3.67. The number of pyridine rings is 1. The van der Waals surface area contributed by atoms with Crippen LogP contribution in [0, 0.1) is 0 Å². The van der Waals surface area contributed by atoms with Gasteiger partial charge in [0.2, 0.25) is 5.91 Å². The molecule has 0 unspecified atom stereocenters. The Hall–Kier alpha value is -3.39. The van der Waals surface area contributed by atoms with Gasteiger partial charge >= 0.3 is 0 Å². The number of nitrogens with one attached hydrogen (secondary N) is 2. The number of benzene rings is 1. The zero-order chi connectivity index (χ0) is 25.1. The van der Waals surface area contributed by atoms with E-state index >= 15 is 0 Å². The SMILES string of the molecule is CCC(=O)Nc1ccc(N2C(=S)N[C@@H](c3ccccn3)[C@H]2c2ccn(C3CCCCC3)c2)cc1OC. The van der Waals surface area contributed by atoms with Gasteiger partial charge in [-0.2, -0.15) is 0 Å².